The molecule has 6 heteroatoms. The van der Waals surface area contributed by atoms with Gasteiger partial charge in [0, 0.05) is 35.9 Å². The van der Waals surface area contributed by atoms with E-state index in [1.165, 1.54) is 4.90 Å². The van der Waals surface area contributed by atoms with Gasteiger partial charge in [0.2, 0.25) is 0 Å². The Bertz CT molecular complexity index is 1020. The normalized spacial score (nSPS) is 10.3. The molecule has 3 rings (SSSR count). The Balaban J connectivity index is 1.71. The zero-order valence-electron chi connectivity index (χ0n) is 16.2. The number of ether oxygens (including phenoxy) is 1. The van der Waals surface area contributed by atoms with Gasteiger partial charge in [0.25, 0.3) is 11.8 Å². The van der Waals surface area contributed by atoms with Gasteiger partial charge in [0.15, 0.2) is 0 Å². The number of carbonyl (C=O) groups excluding carboxylic acids is 2. The number of anilines is 1. The van der Waals surface area contributed by atoms with E-state index in [0.29, 0.717) is 27.6 Å². The highest BCUT2D eigenvalue weighted by Gasteiger charge is 2.14. The highest BCUT2D eigenvalue weighted by atomic mass is 35.5. The maximum absolute atomic E-state index is 12.7. The predicted octanol–water partition coefficient (Wildman–Crippen LogP) is 4.87. The van der Waals surface area contributed by atoms with Gasteiger partial charge in [-0.05, 0) is 42.5 Å². The van der Waals surface area contributed by atoms with Crippen molar-refractivity contribution >= 4 is 29.1 Å². The molecular weight excluding hydrogens is 388 g/mol. The summed E-state index contributed by atoms with van der Waals surface area (Å²) in [4.78, 5) is 26.2. The summed E-state index contributed by atoms with van der Waals surface area (Å²) >= 11 is 6.17. The Morgan fingerprint density at radius 3 is 2.28 bits per heavy atom. The Morgan fingerprint density at radius 2 is 1.59 bits per heavy atom. The summed E-state index contributed by atoms with van der Waals surface area (Å²) in [6.07, 6.45) is 0. The molecule has 0 unspecified atom stereocenters. The van der Waals surface area contributed by atoms with Crippen molar-refractivity contribution in [1.82, 2.24) is 4.90 Å². The number of nitrogens with one attached hydrogen (secondary N) is 1. The van der Waals surface area contributed by atoms with Crippen LogP contribution in [-0.4, -0.2) is 30.8 Å². The van der Waals surface area contributed by atoms with Crippen LogP contribution in [0.5, 0.6) is 5.75 Å². The number of amides is 2. The third-order valence-electron chi connectivity index (χ3n) is 4.27. The van der Waals surface area contributed by atoms with Gasteiger partial charge in [0.05, 0.1) is 5.56 Å². The average Bonchev–Trinajstić information content (AvgIpc) is 2.73. The zero-order valence-corrected chi connectivity index (χ0v) is 16.9. The number of nitrogens with zero attached hydrogens (tertiary/aromatic N) is 1. The first-order valence-electron chi connectivity index (χ1n) is 9.04. The van der Waals surface area contributed by atoms with Crippen LogP contribution in [0.2, 0.25) is 5.02 Å². The highest BCUT2D eigenvalue weighted by molar-refractivity contribution is 6.31. The molecule has 2 amide bonds. The molecule has 0 saturated heterocycles. The first kappa shape index (κ1) is 20.4. The number of hydrogen-bond donors (Lipinski definition) is 1. The summed E-state index contributed by atoms with van der Waals surface area (Å²) in [5.41, 5.74) is 2.39. The largest absolute Gasteiger partial charge is 0.488 e. The fourth-order valence-electron chi connectivity index (χ4n) is 2.70. The van der Waals surface area contributed by atoms with Gasteiger partial charge in [-0.15, -0.1) is 0 Å². The minimum Gasteiger partial charge on any atom is -0.488 e. The molecule has 0 bridgehead atoms. The van der Waals surface area contributed by atoms with E-state index in [4.69, 9.17) is 16.3 Å². The molecule has 0 aliphatic heterocycles. The molecule has 0 heterocycles. The van der Waals surface area contributed by atoms with E-state index in [1.54, 1.807) is 68.7 Å². The zero-order chi connectivity index (χ0) is 20.8. The minimum absolute atomic E-state index is 0.0961. The monoisotopic (exact) mass is 408 g/mol. The lowest BCUT2D eigenvalue weighted by molar-refractivity contribution is 0.0827. The van der Waals surface area contributed by atoms with Crippen molar-refractivity contribution in [2.45, 2.75) is 6.61 Å². The predicted molar refractivity (Wildman–Crippen MR) is 115 cm³/mol. The average molecular weight is 409 g/mol. The molecule has 3 aromatic rings. The van der Waals surface area contributed by atoms with Crippen LogP contribution in [0.15, 0.2) is 72.8 Å². The van der Waals surface area contributed by atoms with Crippen molar-refractivity contribution in [3.63, 3.8) is 0 Å². The van der Waals surface area contributed by atoms with Gasteiger partial charge in [-0.2, -0.15) is 0 Å². The summed E-state index contributed by atoms with van der Waals surface area (Å²) in [7, 11) is 3.38. The van der Waals surface area contributed by atoms with Crippen molar-refractivity contribution in [1.29, 1.82) is 0 Å². The van der Waals surface area contributed by atoms with Gasteiger partial charge in [-0.25, -0.2) is 0 Å². The number of para-hydroxylation sites is 1. The molecule has 0 aromatic heterocycles. The molecule has 0 spiro atoms. The molecule has 0 aliphatic rings. The van der Waals surface area contributed by atoms with Crippen molar-refractivity contribution in [3.05, 3.63) is 94.5 Å². The van der Waals surface area contributed by atoms with Gasteiger partial charge in [0.1, 0.15) is 12.4 Å². The summed E-state index contributed by atoms with van der Waals surface area (Å²) in [5, 5.41) is 3.45. The van der Waals surface area contributed by atoms with Crippen LogP contribution in [0.4, 0.5) is 5.69 Å². The third kappa shape index (κ3) is 5.15. The number of carbonyl (C=O) groups is 2. The maximum atomic E-state index is 12.7. The van der Waals surface area contributed by atoms with E-state index >= 15 is 0 Å². The first-order chi connectivity index (χ1) is 14.0. The Morgan fingerprint density at radius 1 is 0.931 bits per heavy atom. The number of halogens is 1. The minimum atomic E-state index is -0.300. The second-order valence-electron chi connectivity index (χ2n) is 6.61. The fraction of sp³-hybridized carbons (Fsp3) is 0.130. The molecule has 0 saturated carbocycles. The van der Waals surface area contributed by atoms with Crippen molar-refractivity contribution < 1.29 is 14.3 Å². The molecule has 148 valence electrons. The number of rotatable bonds is 6. The first-order valence-corrected chi connectivity index (χ1v) is 9.42. The topological polar surface area (TPSA) is 58.6 Å². The summed E-state index contributed by atoms with van der Waals surface area (Å²) in [6.45, 7) is 0.255. The van der Waals surface area contributed by atoms with Gasteiger partial charge in [-0.3, -0.25) is 9.59 Å². The van der Waals surface area contributed by atoms with E-state index in [1.807, 2.05) is 18.2 Å². The molecule has 1 N–H and O–H groups in total. The van der Waals surface area contributed by atoms with Crippen molar-refractivity contribution in [3.8, 4) is 5.75 Å². The van der Waals surface area contributed by atoms with E-state index in [0.717, 1.165) is 5.56 Å². The van der Waals surface area contributed by atoms with Gasteiger partial charge in [-0.1, -0.05) is 41.9 Å². The second-order valence-corrected chi connectivity index (χ2v) is 7.01. The molecule has 0 fully saturated rings. The third-order valence-corrected chi connectivity index (χ3v) is 4.64. The lowest BCUT2D eigenvalue weighted by Gasteiger charge is -2.13. The van der Waals surface area contributed by atoms with Crippen LogP contribution in [-0.2, 0) is 6.61 Å². The lowest BCUT2D eigenvalue weighted by Crippen LogP contribution is -2.21. The molecular formula is C23H21ClN2O3. The fourth-order valence-corrected chi connectivity index (χ4v) is 2.89. The van der Waals surface area contributed by atoms with Crippen LogP contribution in [0.1, 0.15) is 26.3 Å². The standard InChI is InChI=1S/C23H21ClN2O3/c1-26(2)23(28)16-11-13-18(14-12-16)25-22(27)19-8-4-6-10-21(19)29-15-17-7-3-5-9-20(17)24/h3-14H,15H2,1-2H3,(H,25,27). The quantitative estimate of drug-likeness (QED) is 0.632. The van der Waals surface area contributed by atoms with Crippen molar-refractivity contribution in [2.75, 3.05) is 19.4 Å². The smallest absolute Gasteiger partial charge is 0.259 e. The van der Waals surface area contributed by atoms with E-state index in [-0.39, 0.29) is 18.4 Å². The number of hydrogen-bond acceptors (Lipinski definition) is 3. The van der Waals surface area contributed by atoms with Crippen LogP contribution in [0, 0.1) is 0 Å². The summed E-state index contributed by atoms with van der Waals surface area (Å²) in [5.74, 6) is 0.0666. The van der Waals surface area contributed by atoms with Gasteiger partial charge >= 0.3 is 0 Å². The van der Waals surface area contributed by atoms with Crippen molar-refractivity contribution in [2.24, 2.45) is 0 Å². The van der Waals surface area contributed by atoms with E-state index in [9.17, 15) is 9.59 Å². The number of benzene rings is 3. The second kappa shape index (κ2) is 9.26. The maximum Gasteiger partial charge on any atom is 0.259 e. The Labute approximate surface area is 174 Å². The Hall–Kier alpha value is -3.31. The Kier molecular flexibility index (Phi) is 6.52. The van der Waals surface area contributed by atoms with Crippen LogP contribution >= 0.6 is 11.6 Å². The van der Waals surface area contributed by atoms with Gasteiger partial charge < -0.3 is 15.0 Å². The van der Waals surface area contributed by atoms with Crippen LogP contribution in [0.25, 0.3) is 0 Å². The SMILES string of the molecule is CN(C)C(=O)c1ccc(NC(=O)c2ccccc2OCc2ccccc2Cl)cc1. The molecule has 5 nitrogen and oxygen atoms in total. The van der Waals surface area contributed by atoms with E-state index in [2.05, 4.69) is 5.32 Å². The molecule has 0 atom stereocenters. The van der Waals surface area contributed by atoms with Crippen LogP contribution in [0.3, 0.4) is 0 Å². The lowest BCUT2D eigenvalue weighted by atomic mass is 10.1. The summed E-state index contributed by atoms with van der Waals surface area (Å²) < 4.78 is 5.84. The molecule has 0 radical (unpaired) electrons. The molecule has 0 aliphatic carbocycles. The molecule has 3 aromatic carbocycles. The molecule has 29 heavy (non-hydrogen) atoms. The highest BCUT2D eigenvalue weighted by Crippen LogP contribution is 2.23. The van der Waals surface area contributed by atoms with E-state index < -0.39 is 0 Å². The van der Waals surface area contributed by atoms with Crippen LogP contribution < -0.4 is 10.1 Å². The summed E-state index contributed by atoms with van der Waals surface area (Å²) in [6, 6.07) is 21.2.